The molecular formula is C42H49N4O8+. The molecule has 54 heavy (non-hydrogen) atoms. The second-order valence-electron chi connectivity index (χ2n) is 13.6. The highest BCUT2D eigenvalue weighted by Crippen LogP contribution is 2.43. The maximum atomic E-state index is 12.7. The summed E-state index contributed by atoms with van der Waals surface area (Å²) < 4.78 is 37.7. The predicted molar refractivity (Wildman–Crippen MR) is 211 cm³/mol. The van der Waals surface area contributed by atoms with E-state index in [1.54, 1.807) is 0 Å². The number of anilines is 3. The second kappa shape index (κ2) is 16.9. The van der Waals surface area contributed by atoms with E-state index in [0.717, 1.165) is 55.7 Å². The van der Waals surface area contributed by atoms with Gasteiger partial charge in [0.2, 0.25) is 5.36 Å². The SMILES string of the molecule is COC(=O)CN1CCOCCN(CC(=O)OC)c2ccc(-c3c4ccc(=[N+](C)C)cc-4oc4cc(N(C)C)ccc34)cc2OCCOc2cc(C)ccc21. The van der Waals surface area contributed by atoms with Crippen molar-refractivity contribution in [3.63, 3.8) is 0 Å². The number of methoxy groups -OCH3 is 2. The van der Waals surface area contributed by atoms with E-state index in [1.165, 1.54) is 14.2 Å². The highest BCUT2D eigenvalue weighted by molar-refractivity contribution is 6.03. The average molecular weight is 738 g/mol. The fourth-order valence-corrected chi connectivity index (χ4v) is 6.54. The van der Waals surface area contributed by atoms with E-state index in [9.17, 15) is 9.59 Å². The Balaban J connectivity index is 1.45. The van der Waals surface area contributed by atoms with Gasteiger partial charge in [-0.1, -0.05) is 12.1 Å². The van der Waals surface area contributed by atoms with Crippen LogP contribution < -0.4 is 34.1 Å². The van der Waals surface area contributed by atoms with Gasteiger partial charge in [0, 0.05) is 61.5 Å². The zero-order valence-electron chi connectivity index (χ0n) is 32.1. The standard InChI is InChI=1S/C42H49N4O8/c1-28-8-14-34-38(22-28)52-20-21-53-39-23-29(9-15-35(39)46(27-41(48)50-7)17-19-51-18-16-45(34)26-40(47)49-6)42-32-12-10-30(43(2)3)24-36(32)54-37-25-31(44(4)5)11-13-33(37)42/h8-15,22-25H,16-21,26-27H2,1-7H3/q+1. The minimum atomic E-state index is -0.392. The van der Waals surface area contributed by atoms with Gasteiger partial charge in [0.15, 0.2) is 0 Å². The molecule has 0 spiro atoms. The lowest BCUT2D eigenvalue weighted by Gasteiger charge is -2.27. The zero-order chi connectivity index (χ0) is 38.4. The summed E-state index contributed by atoms with van der Waals surface area (Å²) in [6.45, 7) is 3.85. The van der Waals surface area contributed by atoms with Crippen molar-refractivity contribution in [1.29, 1.82) is 0 Å². The summed E-state index contributed by atoms with van der Waals surface area (Å²) in [6, 6.07) is 24.4. The number of esters is 2. The van der Waals surface area contributed by atoms with Crippen LogP contribution in [-0.4, -0.2) is 107 Å². The summed E-state index contributed by atoms with van der Waals surface area (Å²) in [6.07, 6.45) is 0. The van der Waals surface area contributed by atoms with Crippen LogP contribution in [-0.2, 0) is 23.8 Å². The smallest absolute Gasteiger partial charge is 0.325 e. The topological polar surface area (TPSA) is 106 Å². The molecule has 2 aliphatic heterocycles. The van der Waals surface area contributed by atoms with E-state index in [4.69, 9.17) is 28.1 Å². The molecule has 0 amide bonds. The number of rotatable bonds is 6. The molecule has 0 saturated carbocycles. The van der Waals surface area contributed by atoms with Crippen LogP contribution in [0.15, 0.2) is 77.2 Å². The first-order valence-corrected chi connectivity index (χ1v) is 18.0. The lowest BCUT2D eigenvalue weighted by Crippen LogP contribution is -2.36. The van der Waals surface area contributed by atoms with Crippen molar-refractivity contribution in [3.05, 3.63) is 83.7 Å². The maximum Gasteiger partial charge on any atom is 0.325 e. The molecule has 284 valence electrons. The van der Waals surface area contributed by atoms with Gasteiger partial charge >= 0.3 is 11.9 Å². The van der Waals surface area contributed by atoms with Gasteiger partial charge in [0.05, 0.1) is 44.9 Å². The molecule has 0 bridgehead atoms. The Hall–Kier alpha value is -5.75. The van der Waals surface area contributed by atoms with Crippen LogP contribution in [0.1, 0.15) is 5.56 Å². The Morgan fingerprint density at radius 2 is 1.39 bits per heavy atom. The molecule has 12 heteroatoms. The number of aryl methyl sites for hydroxylation is 1. The van der Waals surface area contributed by atoms with Crippen LogP contribution in [0.4, 0.5) is 17.1 Å². The van der Waals surface area contributed by atoms with E-state index >= 15 is 0 Å². The summed E-state index contributed by atoms with van der Waals surface area (Å²) in [7, 11) is 10.8. The average Bonchev–Trinajstić information content (AvgIpc) is 3.17. The number of nitrogens with zero attached hydrogens (tertiary/aromatic N) is 4. The molecule has 12 nitrogen and oxygen atoms in total. The Kier molecular flexibility index (Phi) is 11.9. The van der Waals surface area contributed by atoms with Gasteiger partial charge in [-0.3, -0.25) is 9.59 Å². The summed E-state index contributed by atoms with van der Waals surface area (Å²) in [5.74, 6) is 1.19. The Morgan fingerprint density at radius 3 is 2.00 bits per heavy atom. The van der Waals surface area contributed by atoms with Crippen LogP contribution >= 0.6 is 0 Å². The molecule has 3 aromatic carbocycles. The minimum Gasteiger partial charge on any atom is -0.488 e. The first-order valence-electron chi connectivity index (χ1n) is 18.0. The highest BCUT2D eigenvalue weighted by Gasteiger charge is 2.23. The van der Waals surface area contributed by atoms with E-state index in [0.29, 0.717) is 43.5 Å². The van der Waals surface area contributed by atoms with Crippen molar-refractivity contribution in [1.82, 2.24) is 4.58 Å². The third-order valence-corrected chi connectivity index (χ3v) is 9.47. The van der Waals surface area contributed by atoms with Crippen LogP contribution in [0.5, 0.6) is 11.5 Å². The number of hydrogen-bond donors (Lipinski definition) is 0. The normalized spacial score (nSPS) is 13.8. The predicted octanol–water partition coefficient (Wildman–Crippen LogP) is 5.06. The third-order valence-electron chi connectivity index (χ3n) is 9.47. The van der Waals surface area contributed by atoms with E-state index in [1.807, 2.05) is 75.2 Å². The molecule has 6 rings (SSSR count). The van der Waals surface area contributed by atoms with E-state index in [-0.39, 0.29) is 32.3 Å². The Labute approximate surface area is 316 Å². The number of hydrogen-bond acceptors (Lipinski definition) is 11. The lowest BCUT2D eigenvalue weighted by molar-refractivity contribution is -0.139. The molecule has 0 fully saturated rings. The van der Waals surface area contributed by atoms with Crippen molar-refractivity contribution >= 4 is 40.0 Å². The van der Waals surface area contributed by atoms with Gasteiger partial charge < -0.3 is 42.8 Å². The van der Waals surface area contributed by atoms with Crippen molar-refractivity contribution in [2.24, 2.45) is 0 Å². The van der Waals surface area contributed by atoms with Gasteiger partial charge in [0.1, 0.15) is 63.2 Å². The van der Waals surface area contributed by atoms with Gasteiger partial charge in [-0.15, -0.1) is 0 Å². The van der Waals surface area contributed by atoms with Crippen molar-refractivity contribution in [2.45, 2.75) is 6.92 Å². The van der Waals surface area contributed by atoms with Gasteiger partial charge in [-0.25, -0.2) is 4.58 Å². The maximum absolute atomic E-state index is 12.7. The largest absolute Gasteiger partial charge is 0.488 e. The molecule has 0 aromatic heterocycles. The number of ether oxygens (including phenoxy) is 5. The highest BCUT2D eigenvalue weighted by atomic mass is 16.5. The molecule has 3 aliphatic rings. The van der Waals surface area contributed by atoms with Crippen molar-refractivity contribution in [3.8, 4) is 33.9 Å². The molecular weight excluding hydrogens is 688 g/mol. The number of carbonyl (C=O) groups excluding carboxylic acids is 2. The van der Waals surface area contributed by atoms with Crippen LogP contribution in [0.25, 0.3) is 33.4 Å². The Morgan fingerprint density at radius 1 is 0.759 bits per heavy atom. The fourth-order valence-electron chi connectivity index (χ4n) is 6.54. The number of fused-ring (bicyclic) bond motifs is 4. The quantitative estimate of drug-likeness (QED) is 0.133. The summed E-state index contributed by atoms with van der Waals surface area (Å²) >= 11 is 0. The second-order valence-corrected chi connectivity index (χ2v) is 13.6. The summed E-state index contributed by atoms with van der Waals surface area (Å²) in [4.78, 5) is 31.0. The molecule has 0 saturated heterocycles. The zero-order valence-corrected chi connectivity index (χ0v) is 32.1. The Bertz CT molecular complexity index is 2170. The number of carbonyl (C=O) groups is 2. The van der Waals surface area contributed by atoms with Crippen LogP contribution in [0, 0.1) is 6.92 Å². The summed E-state index contributed by atoms with van der Waals surface area (Å²) in [5.41, 5.74) is 7.13. The molecule has 0 N–H and O–H groups in total. The number of benzene rings is 4. The fraction of sp³-hybridized carbons (Fsp3) is 0.357. The van der Waals surface area contributed by atoms with Gasteiger partial charge in [-0.2, -0.15) is 0 Å². The summed E-state index contributed by atoms with van der Waals surface area (Å²) in [5, 5.41) is 1.98. The molecule has 0 radical (unpaired) electrons. The molecule has 1 aliphatic carbocycles. The first-order chi connectivity index (χ1) is 26.1. The van der Waals surface area contributed by atoms with Crippen LogP contribution in [0.2, 0.25) is 0 Å². The molecule has 0 atom stereocenters. The lowest BCUT2D eigenvalue weighted by atomic mass is 9.93. The van der Waals surface area contributed by atoms with E-state index < -0.39 is 5.97 Å². The van der Waals surface area contributed by atoms with Gasteiger partial charge in [-0.05, 0) is 60.5 Å². The van der Waals surface area contributed by atoms with Crippen molar-refractivity contribution < 1.29 is 37.7 Å². The molecule has 0 unspecified atom stereocenters. The monoisotopic (exact) mass is 737 g/mol. The molecule has 2 heterocycles. The third kappa shape index (κ3) is 8.55. The first kappa shape index (κ1) is 38.0. The molecule has 3 aromatic rings. The van der Waals surface area contributed by atoms with Crippen LogP contribution in [0.3, 0.4) is 0 Å². The minimum absolute atomic E-state index is 0.0120. The van der Waals surface area contributed by atoms with E-state index in [2.05, 4.69) is 51.9 Å². The van der Waals surface area contributed by atoms with Gasteiger partial charge in [0.25, 0.3) is 0 Å². The van der Waals surface area contributed by atoms with Crippen molar-refractivity contribution in [2.75, 3.05) is 110 Å².